The van der Waals surface area contributed by atoms with Crippen LogP contribution in [0.1, 0.15) is 87.0 Å². The minimum Gasteiger partial charge on any atom is -0.497 e. The summed E-state index contributed by atoms with van der Waals surface area (Å²) in [6.07, 6.45) is 7.26. The van der Waals surface area contributed by atoms with E-state index in [1.54, 1.807) is 29.3 Å². The van der Waals surface area contributed by atoms with Crippen molar-refractivity contribution in [2.75, 3.05) is 79.7 Å². The van der Waals surface area contributed by atoms with E-state index in [0.717, 1.165) is 87.5 Å². The number of aromatic nitrogens is 7. The molecule has 0 radical (unpaired) electrons. The van der Waals surface area contributed by atoms with Crippen molar-refractivity contribution in [3.8, 4) is 38.6 Å². The number of nitrogens with one attached hydrogen (secondary N) is 2. The maximum atomic E-state index is 14.0. The Labute approximate surface area is 517 Å². The van der Waals surface area contributed by atoms with Crippen molar-refractivity contribution in [3.63, 3.8) is 0 Å². The number of aliphatic hydroxyl groups excluding tert-OH is 1. The summed E-state index contributed by atoms with van der Waals surface area (Å²) in [7, 11) is 1.65. The van der Waals surface area contributed by atoms with Crippen LogP contribution in [0.5, 0.6) is 5.75 Å². The second kappa shape index (κ2) is 31.9. The van der Waals surface area contributed by atoms with Crippen LogP contribution in [0, 0.1) is 12.3 Å². The number of nitrogens with zero attached hydrogens (tertiary/aromatic N) is 9. The first-order valence-corrected chi connectivity index (χ1v) is 31.0. The molecule has 0 bridgehead atoms. The molecule has 2 saturated heterocycles. The lowest BCUT2D eigenvalue weighted by Crippen LogP contribution is -2.58. The first-order valence-electron chi connectivity index (χ1n) is 30.1. The number of thiazole rings is 1. The van der Waals surface area contributed by atoms with Gasteiger partial charge in [0.15, 0.2) is 0 Å². The van der Waals surface area contributed by atoms with Crippen LogP contribution >= 0.6 is 11.3 Å². The average molecular weight is 1220 g/mol. The van der Waals surface area contributed by atoms with E-state index in [4.69, 9.17) is 28.4 Å². The van der Waals surface area contributed by atoms with Crippen LogP contribution in [0.3, 0.4) is 0 Å². The van der Waals surface area contributed by atoms with Crippen molar-refractivity contribution in [2.24, 2.45) is 5.41 Å². The van der Waals surface area contributed by atoms with Gasteiger partial charge in [0.05, 0.1) is 107 Å². The monoisotopic (exact) mass is 1220 g/mol. The lowest BCUT2D eigenvalue weighted by atomic mass is 9.85. The standard InChI is InChI=1S/C65H81N11O11S/c1-45-60(88-44-67-45)52-17-13-47(14-18-52)38-66-62(79)58-37-54(77)41-75(58)63(80)61(65(2,3)4)69-59(78)43-87-36-35-85-34-33-84-32-31-83-30-28-73-40-53(70-72-73)42-86-29-8-9-46-11-15-51(16-12-46)57-10-6-7-27-74(57)64(81)76-68-39-56(71-76)50-21-19-48(20-22-50)49-23-25-55(82-5)26-24-49/h11-26,39-40,44,54,57-58,61,77H,6-10,27-38,41-43H2,1-5H3,(H,66,79)(H,69,78)/t54-,57?,58+,61-/m1/s1. The summed E-state index contributed by atoms with van der Waals surface area (Å²) < 4.78 is 35.4. The van der Waals surface area contributed by atoms with E-state index < -0.39 is 35.4 Å². The van der Waals surface area contributed by atoms with Crippen LogP contribution < -0.4 is 15.4 Å². The van der Waals surface area contributed by atoms with Gasteiger partial charge in [-0.3, -0.25) is 14.4 Å². The fourth-order valence-electron chi connectivity index (χ4n) is 10.7. The highest BCUT2D eigenvalue weighted by Crippen LogP contribution is 2.33. The van der Waals surface area contributed by atoms with Gasteiger partial charge in [-0.2, -0.15) is 5.10 Å². The van der Waals surface area contributed by atoms with E-state index in [-0.39, 0.29) is 57.3 Å². The van der Waals surface area contributed by atoms with Gasteiger partial charge in [-0.1, -0.05) is 116 Å². The lowest BCUT2D eigenvalue weighted by molar-refractivity contribution is -0.144. The van der Waals surface area contributed by atoms with Crippen LogP contribution in [-0.4, -0.2) is 171 Å². The Bertz CT molecular complexity index is 3330. The van der Waals surface area contributed by atoms with Gasteiger partial charge in [-0.15, -0.1) is 21.5 Å². The van der Waals surface area contributed by atoms with Gasteiger partial charge >= 0.3 is 6.03 Å². The van der Waals surface area contributed by atoms with Gasteiger partial charge in [0.2, 0.25) is 17.7 Å². The number of amides is 4. The predicted octanol–water partition coefficient (Wildman–Crippen LogP) is 7.86. The topological polar surface area (TPSA) is 249 Å². The molecule has 5 heterocycles. The maximum absolute atomic E-state index is 14.0. The minimum absolute atomic E-state index is 0.0206. The summed E-state index contributed by atoms with van der Waals surface area (Å²) in [5.74, 6) is -0.499. The van der Waals surface area contributed by atoms with Crippen LogP contribution in [0.2, 0.25) is 0 Å². The van der Waals surface area contributed by atoms with E-state index in [1.807, 2.05) is 117 Å². The van der Waals surface area contributed by atoms with Gasteiger partial charge in [-0.25, -0.2) is 14.5 Å². The summed E-state index contributed by atoms with van der Waals surface area (Å²) in [5.41, 5.74) is 10.7. The first-order chi connectivity index (χ1) is 42.7. The Hall–Kier alpha value is -7.77. The van der Waals surface area contributed by atoms with Crippen LogP contribution in [0.25, 0.3) is 32.8 Å². The number of hydrogen-bond acceptors (Lipinski definition) is 17. The SMILES string of the molecule is COc1ccc(-c2ccc(-c3cnn(C(=O)N4CCCCC4c4ccc(CCCOCc5cn(CCOCCOCCOCCOCC(=O)N[C@H](C(=O)N6C[C@H](O)C[C@H]6C(=O)NCc6ccc(-c7scnc7C)cc6)C(C)(C)C)nn5)cc4)n3)cc2)cc1. The number of aliphatic hydroxyl groups is 1. The number of aryl methyl sites for hydroxylation is 2. The molecule has 88 heavy (non-hydrogen) atoms. The molecule has 22 nitrogen and oxygen atoms in total. The molecule has 2 aliphatic heterocycles. The van der Waals surface area contributed by atoms with E-state index in [2.05, 4.69) is 60.4 Å². The summed E-state index contributed by atoms with van der Waals surface area (Å²) >= 11 is 1.57. The molecule has 0 aliphatic carbocycles. The zero-order valence-corrected chi connectivity index (χ0v) is 51.7. The molecule has 23 heteroatoms. The van der Waals surface area contributed by atoms with Crippen molar-refractivity contribution in [2.45, 2.75) is 110 Å². The van der Waals surface area contributed by atoms with E-state index >= 15 is 0 Å². The van der Waals surface area contributed by atoms with Crippen LogP contribution in [0.15, 0.2) is 115 Å². The molecule has 2 aliphatic rings. The molecular formula is C65H81N11O11S. The number of ether oxygens (including phenoxy) is 6. The molecule has 1 unspecified atom stereocenters. The molecule has 468 valence electrons. The number of likely N-dealkylation sites (tertiary alicyclic amines) is 2. The number of benzene rings is 4. The van der Waals surface area contributed by atoms with Crippen LogP contribution in [-0.2, 0) is 64.2 Å². The molecule has 9 rings (SSSR count). The van der Waals surface area contributed by atoms with Crippen molar-refractivity contribution in [1.29, 1.82) is 0 Å². The van der Waals surface area contributed by atoms with Gasteiger partial charge in [0, 0.05) is 38.2 Å². The molecule has 0 spiro atoms. The van der Waals surface area contributed by atoms with Gasteiger partial charge in [0.1, 0.15) is 35.8 Å². The quantitative estimate of drug-likeness (QED) is 0.0363. The van der Waals surface area contributed by atoms with Crippen molar-refractivity contribution >= 4 is 35.1 Å². The summed E-state index contributed by atoms with van der Waals surface area (Å²) in [6, 6.07) is 30.3. The highest BCUT2D eigenvalue weighted by atomic mass is 32.1. The van der Waals surface area contributed by atoms with E-state index in [0.29, 0.717) is 65.0 Å². The lowest BCUT2D eigenvalue weighted by Gasteiger charge is -2.35. The number of rotatable bonds is 30. The fraction of sp³-hybridized carbons (Fsp3) is 0.462. The number of hydrogen-bond donors (Lipinski definition) is 3. The first kappa shape index (κ1) is 64.7. The Balaban J connectivity index is 0.583. The number of carbonyl (C=O) groups excluding carboxylic acids is 4. The normalized spacial score (nSPS) is 16.4. The fourth-order valence-corrected chi connectivity index (χ4v) is 11.5. The highest BCUT2D eigenvalue weighted by Gasteiger charge is 2.44. The molecule has 7 aromatic rings. The summed E-state index contributed by atoms with van der Waals surface area (Å²) in [4.78, 5) is 64.2. The van der Waals surface area contributed by atoms with Crippen molar-refractivity contribution < 1.29 is 52.7 Å². The molecule has 4 amide bonds. The smallest absolute Gasteiger partial charge is 0.362 e. The minimum atomic E-state index is -0.971. The Kier molecular flexibility index (Phi) is 23.5. The largest absolute Gasteiger partial charge is 0.497 e. The molecule has 0 saturated carbocycles. The second-order valence-corrected chi connectivity index (χ2v) is 23.9. The van der Waals surface area contributed by atoms with Gasteiger partial charge < -0.3 is 54.0 Å². The average Bonchev–Trinajstić information content (AvgIpc) is 2.41. The molecular weight excluding hydrogens is 1140 g/mol. The Morgan fingerprint density at radius 3 is 2.10 bits per heavy atom. The molecule has 4 atom stereocenters. The van der Waals surface area contributed by atoms with E-state index in [1.165, 1.54) is 15.3 Å². The summed E-state index contributed by atoms with van der Waals surface area (Å²) in [5, 5.41) is 33.7. The Morgan fingerprint density at radius 1 is 0.761 bits per heavy atom. The number of piperidine rings is 1. The number of β-amino-alcohol motifs (C(OH)–C–C–N with tert-alkyl or cyclic N) is 1. The number of carbonyl (C=O) groups is 4. The van der Waals surface area contributed by atoms with E-state index in [9.17, 15) is 24.3 Å². The Morgan fingerprint density at radius 2 is 1.42 bits per heavy atom. The third-order valence-electron chi connectivity index (χ3n) is 15.5. The maximum Gasteiger partial charge on any atom is 0.362 e. The second-order valence-electron chi connectivity index (χ2n) is 23.0. The predicted molar refractivity (Wildman–Crippen MR) is 331 cm³/mol. The molecule has 2 fully saturated rings. The van der Waals surface area contributed by atoms with Crippen molar-refractivity contribution in [3.05, 3.63) is 143 Å². The van der Waals surface area contributed by atoms with Gasteiger partial charge in [0.25, 0.3) is 0 Å². The third kappa shape index (κ3) is 18.2. The molecule has 3 aromatic heterocycles. The molecule has 4 aromatic carbocycles. The van der Waals surface area contributed by atoms with Crippen LogP contribution in [0.4, 0.5) is 4.79 Å². The molecule has 3 N–H and O–H groups in total. The van der Waals surface area contributed by atoms with Crippen molar-refractivity contribution in [1.82, 2.24) is 55.4 Å². The van der Waals surface area contributed by atoms with Gasteiger partial charge in [-0.05, 0) is 90.0 Å². The third-order valence-corrected chi connectivity index (χ3v) is 16.5. The summed E-state index contributed by atoms with van der Waals surface area (Å²) in [6.45, 7) is 11.8. The zero-order valence-electron chi connectivity index (χ0n) is 50.9. The highest BCUT2D eigenvalue weighted by molar-refractivity contribution is 7.13. The number of methoxy groups -OCH3 is 1. The zero-order chi connectivity index (χ0) is 61.8.